The minimum atomic E-state index is 0.134. The fraction of sp³-hybridized carbons (Fsp3) is 0.562. The Morgan fingerprint density at radius 2 is 1.95 bits per heavy atom. The molecular weight excluding hydrogens is 272 g/mol. The van der Waals surface area contributed by atoms with E-state index in [4.69, 9.17) is 11.6 Å². The van der Waals surface area contributed by atoms with Gasteiger partial charge in [0.15, 0.2) is 0 Å². The van der Waals surface area contributed by atoms with E-state index in [0.717, 1.165) is 37.6 Å². The molecule has 0 spiro atoms. The Labute approximate surface area is 126 Å². The summed E-state index contributed by atoms with van der Waals surface area (Å²) in [7, 11) is 0. The van der Waals surface area contributed by atoms with Crippen molar-refractivity contribution in [3.8, 4) is 0 Å². The Kier molecular flexibility index (Phi) is 4.92. The third-order valence-corrected chi connectivity index (χ3v) is 4.37. The normalized spacial score (nSPS) is 17.2. The van der Waals surface area contributed by atoms with Gasteiger partial charge in [0.05, 0.1) is 0 Å². The SMILES string of the molecule is CC[C@H](C)C(=O)N1CCN(c2cc(Cl)ccc2C)CC1. The highest BCUT2D eigenvalue weighted by Crippen LogP contribution is 2.25. The molecule has 0 N–H and O–H groups in total. The Bertz CT molecular complexity index is 481. The van der Waals surface area contributed by atoms with Gasteiger partial charge in [0.2, 0.25) is 5.91 Å². The maximum absolute atomic E-state index is 12.2. The van der Waals surface area contributed by atoms with Gasteiger partial charge in [0.1, 0.15) is 0 Å². The molecule has 1 saturated heterocycles. The second-order valence-corrected chi connectivity index (χ2v) is 5.99. The number of anilines is 1. The summed E-state index contributed by atoms with van der Waals surface area (Å²) >= 11 is 6.08. The van der Waals surface area contributed by atoms with Crippen LogP contribution >= 0.6 is 11.6 Å². The maximum Gasteiger partial charge on any atom is 0.225 e. The van der Waals surface area contributed by atoms with Gasteiger partial charge in [-0.25, -0.2) is 0 Å². The van der Waals surface area contributed by atoms with Crippen molar-refractivity contribution in [1.82, 2.24) is 4.90 Å². The number of piperazine rings is 1. The lowest BCUT2D eigenvalue weighted by molar-refractivity contribution is -0.135. The molecule has 3 nitrogen and oxygen atoms in total. The molecule has 0 unspecified atom stereocenters. The number of hydrogen-bond donors (Lipinski definition) is 0. The highest BCUT2D eigenvalue weighted by atomic mass is 35.5. The fourth-order valence-electron chi connectivity index (χ4n) is 2.58. The first kappa shape index (κ1) is 15.2. The second-order valence-electron chi connectivity index (χ2n) is 5.55. The van der Waals surface area contributed by atoms with Crippen LogP contribution in [0.1, 0.15) is 25.8 Å². The molecule has 0 radical (unpaired) electrons. The minimum absolute atomic E-state index is 0.134. The van der Waals surface area contributed by atoms with E-state index in [1.165, 1.54) is 11.3 Å². The zero-order valence-electron chi connectivity index (χ0n) is 12.5. The molecule has 1 fully saturated rings. The van der Waals surface area contributed by atoms with Crippen LogP contribution in [0.3, 0.4) is 0 Å². The number of aryl methyl sites for hydroxylation is 1. The third-order valence-electron chi connectivity index (χ3n) is 4.14. The molecule has 0 saturated carbocycles. The number of rotatable bonds is 3. The smallest absolute Gasteiger partial charge is 0.225 e. The number of carbonyl (C=O) groups is 1. The highest BCUT2D eigenvalue weighted by molar-refractivity contribution is 6.30. The van der Waals surface area contributed by atoms with Crippen molar-refractivity contribution < 1.29 is 4.79 Å². The van der Waals surface area contributed by atoms with Crippen LogP contribution in [0.4, 0.5) is 5.69 Å². The van der Waals surface area contributed by atoms with E-state index in [1.54, 1.807) is 0 Å². The van der Waals surface area contributed by atoms with E-state index in [9.17, 15) is 4.79 Å². The highest BCUT2D eigenvalue weighted by Gasteiger charge is 2.24. The summed E-state index contributed by atoms with van der Waals surface area (Å²) in [6.45, 7) is 9.53. The van der Waals surface area contributed by atoms with Crippen LogP contribution in [0.15, 0.2) is 18.2 Å². The standard InChI is InChI=1S/C16H23ClN2O/c1-4-12(2)16(20)19-9-7-18(8-10-19)15-11-14(17)6-5-13(15)3/h5-6,11-12H,4,7-10H2,1-3H3/t12-/m0/s1. The largest absolute Gasteiger partial charge is 0.368 e. The molecule has 1 amide bonds. The molecule has 20 heavy (non-hydrogen) atoms. The van der Waals surface area contributed by atoms with E-state index < -0.39 is 0 Å². The predicted octanol–water partition coefficient (Wildman–Crippen LogP) is 3.34. The van der Waals surface area contributed by atoms with Crippen molar-refractivity contribution in [3.63, 3.8) is 0 Å². The lowest BCUT2D eigenvalue weighted by Gasteiger charge is -2.37. The van der Waals surface area contributed by atoms with Gasteiger partial charge in [-0.2, -0.15) is 0 Å². The summed E-state index contributed by atoms with van der Waals surface area (Å²) < 4.78 is 0. The number of halogens is 1. The van der Waals surface area contributed by atoms with Gasteiger partial charge in [0, 0.05) is 42.8 Å². The van der Waals surface area contributed by atoms with Crippen molar-refractivity contribution in [2.24, 2.45) is 5.92 Å². The number of amides is 1. The Hall–Kier alpha value is -1.22. The van der Waals surface area contributed by atoms with E-state index in [1.807, 2.05) is 30.0 Å². The second kappa shape index (κ2) is 6.49. The lowest BCUT2D eigenvalue weighted by Crippen LogP contribution is -2.50. The molecule has 1 heterocycles. The molecule has 1 aliphatic heterocycles. The molecule has 4 heteroatoms. The Morgan fingerprint density at radius 1 is 1.30 bits per heavy atom. The van der Waals surface area contributed by atoms with Crippen molar-refractivity contribution in [2.75, 3.05) is 31.1 Å². The van der Waals surface area contributed by atoms with E-state index >= 15 is 0 Å². The van der Waals surface area contributed by atoms with Crippen LogP contribution < -0.4 is 4.90 Å². The van der Waals surface area contributed by atoms with Crippen LogP contribution in [-0.2, 0) is 4.79 Å². The van der Waals surface area contributed by atoms with Gasteiger partial charge in [-0.05, 0) is 31.0 Å². The summed E-state index contributed by atoms with van der Waals surface area (Å²) in [6, 6.07) is 5.99. The number of benzene rings is 1. The summed E-state index contributed by atoms with van der Waals surface area (Å²) in [6.07, 6.45) is 0.909. The van der Waals surface area contributed by atoms with Crippen molar-refractivity contribution in [2.45, 2.75) is 27.2 Å². The maximum atomic E-state index is 12.2. The molecule has 110 valence electrons. The monoisotopic (exact) mass is 294 g/mol. The van der Waals surface area contributed by atoms with E-state index in [-0.39, 0.29) is 11.8 Å². The van der Waals surface area contributed by atoms with Gasteiger partial charge in [0.25, 0.3) is 0 Å². The average molecular weight is 295 g/mol. The lowest BCUT2D eigenvalue weighted by atomic mass is 10.1. The molecule has 0 aromatic heterocycles. The molecule has 1 atom stereocenters. The van der Waals surface area contributed by atoms with Gasteiger partial charge >= 0.3 is 0 Å². The van der Waals surface area contributed by atoms with Crippen molar-refractivity contribution in [3.05, 3.63) is 28.8 Å². The fourth-order valence-corrected chi connectivity index (χ4v) is 2.74. The van der Waals surface area contributed by atoms with Crippen LogP contribution in [0.25, 0.3) is 0 Å². The minimum Gasteiger partial charge on any atom is -0.368 e. The van der Waals surface area contributed by atoms with Gasteiger partial charge in [-0.15, -0.1) is 0 Å². The average Bonchev–Trinajstić information content (AvgIpc) is 2.48. The van der Waals surface area contributed by atoms with Crippen LogP contribution in [0.2, 0.25) is 5.02 Å². The Morgan fingerprint density at radius 3 is 2.55 bits per heavy atom. The molecule has 1 aromatic rings. The van der Waals surface area contributed by atoms with Gasteiger partial charge < -0.3 is 9.80 Å². The molecule has 0 bridgehead atoms. The first-order valence-corrected chi connectivity index (χ1v) is 7.70. The summed E-state index contributed by atoms with van der Waals surface area (Å²) in [5.74, 6) is 0.421. The summed E-state index contributed by atoms with van der Waals surface area (Å²) in [5.41, 5.74) is 2.42. The zero-order chi connectivity index (χ0) is 14.7. The number of hydrogen-bond acceptors (Lipinski definition) is 2. The molecule has 2 rings (SSSR count). The number of nitrogens with zero attached hydrogens (tertiary/aromatic N) is 2. The topological polar surface area (TPSA) is 23.6 Å². The van der Waals surface area contributed by atoms with Crippen LogP contribution in [0, 0.1) is 12.8 Å². The predicted molar refractivity (Wildman–Crippen MR) is 84.4 cm³/mol. The number of carbonyl (C=O) groups excluding carboxylic acids is 1. The molecule has 0 aliphatic carbocycles. The van der Waals surface area contributed by atoms with Crippen LogP contribution in [0.5, 0.6) is 0 Å². The zero-order valence-corrected chi connectivity index (χ0v) is 13.3. The van der Waals surface area contributed by atoms with E-state index in [2.05, 4.69) is 18.7 Å². The summed E-state index contributed by atoms with van der Waals surface area (Å²) in [4.78, 5) is 16.5. The first-order valence-electron chi connectivity index (χ1n) is 7.32. The Balaban J connectivity index is 2.01. The van der Waals surface area contributed by atoms with Crippen molar-refractivity contribution in [1.29, 1.82) is 0 Å². The van der Waals surface area contributed by atoms with Crippen LogP contribution in [-0.4, -0.2) is 37.0 Å². The molecule has 1 aromatic carbocycles. The molecular formula is C16H23ClN2O. The quantitative estimate of drug-likeness (QED) is 0.853. The molecule has 1 aliphatic rings. The van der Waals surface area contributed by atoms with E-state index in [0.29, 0.717) is 0 Å². The van der Waals surface area contributed by atoms with Gasteiger partial charge in [-0.3, -0.25) is 4.79 Å². The first-order chi connectivity index (χ1) is 9.52. The van der Waals surface area contributed by atoms with Crippen molar-refractivity contribution >= 4 is 23.2 Å². The third kappa shape index (κ3) is 3.26. The summed E-state index contributed by atoms with van der Waals surface area (Å²) in [5, 5.41) is 0.767. The van der Waals surface area contributed by atoms with Gasteiger partial charge in [-0.1, -0.05) is 31.5 Å².